The lowest BCUT2D eigenvalue weighted by atomic mass is 9.85. The van der Waals surface area contributed by atoms with Gasteiger partial charge in [-0.15, -0.1) is 0 Å². The Morgan fingerprint density at radius 1 is 0.478 bits per heavy atom. The lowest BCUT2D eigenvalue weighted by Crippen LogP contribution is -2.64. The average Bonchev–Trinajstić information content (AvgIpc) is 3.31. The molecule has 0 bridgehead atoms. The second-order valence-corrected chi connectivity index (χ2v) is 20.8. The van der Waals surface area contributed by atoms with Crippen LogP contribution >= 0.6 is 7.82 Å². The number of esters is 1. The van der Waals surface area contributed by atoms with Crippen molar-refractivity contribution >= 4 is 13.8 Å². The molecule has 0 heterocycles. The fourth-order valence-corrected chi connectivity index (χ4v) is 9.66. The number of hydrogen-bond acceptors (Lipinski definition) is 11. The molecule has 396 valence electrons. The summed E-state index contributed by atoms with van der Waals surface area (Å²) in [5.41, 5.74) is 0. The number of ether oxygens (including phenoxy) is 2. The number of phosphoric acid groups is 1. The van der Waals surface area contributed by atoms with E-state index in [-0.39, 0.29) is 13.0 Å². The average molecular weight is 975 g/mol. The van der Waals surface area contributed by atoms with Crippen LogP contribution in [0.1, 0.15) is 251 Å². The molecule has 6 N–H and O–H groups in total. The van der Waals surface area contributed by atoms with Crippen LogP contribution < -0.4 is 0 Å². The summed E-state index contributed by atoms with van der Waals surface area (Å²) in [7, 11) is -5.02. The number of aliphatic hydroxyl groups excluding tert-OH is 5. The molecule has 0 radical (unpaired) electrons. The molecular formula is C54H103O12P. The lowest BCUT2D eigenvalue weighted by molar-refractivity contribution is -0.220. The highest BCUT2D eigenvalue weighted by Crippen LogP contribution is 2.47. The summed E-state index contributed by atoms with van der Waals surface area (Å²) in [5, 5.41) is 50.4. The molecule has 6 atom stereocenters. The number of allylic oxidation sites excluding steroid dienone is 4. The maximum absolute atomic E-state index is 12.9. The molecule has 1 aliphatic rings. The van der Waals surface area contributed by atoms with E-state index in [1.165, 1.54) is 167 Å². The fraction of sp³-hybridized carbons (Fsp3) is 0.907. The van der Waals surface area contributed by atoms with Crippen molar-refractivity contribution in [1.29, 1.82) is 0 Å². The van der Waals surface area contributed by atoms with Gasteiger partial charge in [0.2, 0.25) is 0 Å². The number of hydrogen-bond donors (Lipinski definition) is 6. The minimum absolute atomic E-state index is 0.0751. The third kappa shape index (κ3) is 36.4. The SMILES string of the molecule is CCCCCC/C=C\C/C=C\CCCCCCCCCC(=O)OC(COCCCCCCCCCCCCCCCCCCCCCCCC)COP(=O)(O)OC1C(O)C(O)C(O)C(O)C1O. The molecule has 12 nitrogen and oxygen atoms in total. The number of unbranched alkanes of at least 4 members (excludes halogenated alkanes) is 32. The molecule has 0 spiro atoms. The minimum atomic E-state index is -5.02. The van der Waals surface area contributed by atoms with Gasteiger partial charge in [0, 0.05) is 13.0 Å². The molecule has 0 aromatic rings. The van der Waals surface area contributed by atoms with Gasteiger partial charge in [-0.25, -0.2) is 4.57 Å². The van der Waals surface area contributed by atoms with Gasteiger partial charge in [0.1, 0.15) is 42.7 Å². The first-order valence-electron chi connectivity index (χ1n) is 27.7. The molecule has 0 saturated heterocycles. The van der Waals surface area contributed by atoms with Crippen molar-refractivity contribution in [1.82, 2.24) is 0 Å². The van der Waals surface area contributed by atoms with Gasteiger partial charge in [-0.1, -0.05) is 224 Å². The van der Waals surface area contributed by atoms with Gasteiger partial charge < -0.3 is 39.9 Å². The third-order valence-corrected chi connectivity index (χ3v) is 14.1. The zero-order valence-corrected chi connectivity index (χ0v) is 43.6. The second-order valence-electron chi connectivity index (χ2n) is 19.4. The molecule has 1 saturated carbocycles. The van der Waals surface area contributed by atoms with Crippen LogP contribution in [0, 0.1) is 0 Å². The highest BCUT2D eigenvalue weighted by Gasteiger charge is 2.51. The monoisotopic (exact) mass is 975 g/mol. The normalized spacial score (nSPS) is 21.4. The smallest absolute Gasteiger partial charge is 0.457 e. The van der Waals surface area contributed by atoms with Crippen LogP contribution in [0.2, 0.25) is 0 Å². The Bertz CT molecular complexity index is 1200. The topological polar surface area (TPSA) is 192 Å². The number of carbonyl (C=O) groups is 1. The molecule has 0 amide bonds. The number of carbonyl (C=O) groups excluding carboxylic acids is 1. The van der Waals surface area contributed by atoms with Crippen LogP contribution in [0.3, 0.4) is 0 Å². The molecule has 1 rings (SSSR count). The summed E-state index contributed by atoms with van der Waals surface area (Å²) in [6.07, 6.45) is 41.0. The first kappa shape index (κ1) is 63.8. The van der Waals surface area contributed by atoms with E-state index in [1.54, 1.807) is 0 Å². The summed E-state index contributed by atoms with van der Waals surface area (Å²) in [4.78, 5) is 23.3. The van der Waals surface area contributed by atoms with Gasteiger partial charge in [-0.2, -0.15) is 0 Å². The standard InChI is InChI=1S/C54H103O12P/c1-3-5-7-9-11-13-15-17-19-21-23-24-25-26-28-30-32-34-36-38-40-42-44-63-45-47(46-64-67(61,62)66-54-52(59)50(57)49(56)51(58)53(54)60)65-48(55)43-41-39-37-35-33-31-29-27-22-20-18-16-14-12-10-8-6-4-2/h14,16,20,22,47,49-54,56-60H,3-13,15,17-19,21,23-46H2,1-2H3,(H,61,62)/b16-14-,22-20-. The number of phosphoric ester groups is 1. The Kier molecular flexibility index (Phi) is 42.6. The van der Waals surface area contributed by atoms with Gasteiger partial charge in [-0.3, -0.25) is 13.8 Å². The highest BCUT2D eigenvalue weighted by atomic mass is 31.2. The maximum atomic E-state index is 12.9. The molecule has 1 aliphatic carbocycles. The molecule has 0 aliphatic heterocycles. The predicted molar refractivity (Wildman–Crippen MR) is 272 cm³/mol. The quantitative estimate of drug-likeness (QED) is 0.0147. The Hall–Kier alpha value is -1.18. The van der Waals surface area contributed by atoms with Crippen LogP contribution in [0.4, 0.5) is 0 Å². The molecule has 6 unspecified atom stereocenters. The minimum Gasteiger partial charge on any atom is -0.457 e. The summed E-state index contributed by atoms with van der Waals surface area (Å²) < 4.78 is 34.4. The zero-order chi connectivity index (χ0) is 49.1. The van der Waals surface area contributed by atoms with E-state index in [9.17, 15) is 39.8 Å². The molecular weight excluding hydrogens is 872 g/mol. The van der Waals surface area contributed by atoms with Gasteiger partial charge in [-0.05, 0) is 44.9 Å². The van der Waals surface area contributed by atoms with E-state index in [2.05, 4.69) is 38.2 Å². The van der Waals surface area contributed by atoms with E-state index in [4.69, 9.17) is 18.5 Å². The van der Waals surface area contributed by atoms with Crippen LogP contribution in [0.5, 0.6) is 0 Å². The van der Waals surface area contributed by atoms with Crippen molar-refractivity contribution in [2.24, 2.45) is 0 Å². The van der Waals surface area contributed by atoms with E-state index in [0.717, 1.165) is 57.8 Å². The summed E-state index contributed by atoms with van der Waals surface area (Å²) in [6, 6.07) is 0. The number of rotatable bonds is 48. The van der Waals surface area contributed by atoms with Crippen molar-refractivity contribution < 1.29 is 58.3 Å². The summed E-state index contributed by atoms with van der Waals surface area (Å²) in [5.74, 6) is -0.480. The van der Waals surface area contributed by atoms with Crippen molar-refractivity contribution in [3.8, 4) is 0 Å². The van der Waals surface area contributed by atoms with Gasteiger partial charge in [0.15, 0.2) is 0 Å². The molecule has 0 aromatic carbocycles. The van der Waals surface area contributed by atoms with Crippen molar-refractivity contribution in [3.63, 3.8) is 0 Å². The first-order valence-corrected chi connectivity index (χ1v) is 29.2. The van der Waals surface area contributed by atoms with Crippen molar-refractivity contribution in [2.75, 3.05) is 19.8 Å². The second kappa shape index (κ2) is 44.7. The van der Waals surface area contributed by atoms with Crippen LogP contribution in [0.15, 0.2) is 24.3 Å². The van der Waals surface area contributed by atoms with Crippen molar-refractivity contribution in [2.45, 2.75) is 294 Å². The number of aliphatic hydroxyl groups is 5. The Morgan fingerprint density at radius 2 is 0.836 bits per heavy atom. The Labute approximate surface area is 409 Å². The van der Waals surface area contributed by atoms with E-state index < -0.39 is 63.1 Å². The zero-order valence-electron chi connectivity index (χ0n) is 42.7. The largest absolute Gasteiger partial charge is 0.472 e. The van der Waals surface area contributed by atoms with Crippen LogP contribution in [-0.4, -0.2) is 98.9 Å². The Balaban J connectivity index is 2.29. The van der Waals surface area contributed by atoms with Gasteiger partial charge in [0.25, 0.3) is 0 Å². The summed E-state index contributed by atoms with van der Waals surface area (Å²) >= 11 is 0. The molecule has 1 fully saturated rings. The lowest BCUT2D eigenvalue weighted by Gasteiger charge is -2.41. The fourth-order valence-electron chi connectivity index (χ4n) is 8.68. The van der Waals surface area contributed by atoms with Crippen LogP contribution in [-0.2, 0) is 27.9 Å². The Morgan fingerprint density at radius 3 is 1.27 bits per heavy atom. The first-order chi connectivity index (χ1) is 32.5. The summed E-state index contributed by atoms with van der Waals surface area (Å²) in [6.45, 7) is 4.29. The molecule has 13 heteroatoms. The predicted octanol–water partition coefficient (Wildman–Crippen LogP) is 12.8. The van der Waals surface area contributed by atoms with E-state index in [0.29, 0.717) is 13.0 Å². The highest BCUT2D eigenvalue weighted by molar-refractivity contribution is 7.47. The van der Waals surface area contributed by atoms with E-state index >= 15 is 0 Å². The van der Waals surface area contributed by atoms with E-state index in [1.807, 2.05) is 0 Å². The van der Waals surface area contributed by atoms with Crippen molar-refractivity contribution in [3.05, 3.63) is 24.3 Å². The van der Waals surface area contributed by atoms with Gasteiger partial charge >= 0.3 is 13.8 Å². The van der Waals surface area contributed by atoms with Gasteiger partial charge in [0.05, 0.1) is 13.2 Å². The maximum Gasteiger partial charge on any atom is 0.472 e. The van der Waals surface area contributed by atoms with Crippen LogP contribution in [0.25, 0.3) is 0 Å². The molecule has 67 heavy (non-hydrogen) atoms. The molecule has 0 aromatic heterocycles. The third-order valence-electron chi connectivity index (χ3n) is 13.1.